The first-order valence-corrected chi connectivity index (χ1v) is 8.00. The van der Waals surface area contributed by atoms with E-state index in [0.29, 0.717) is 17.9 Å². The van der Waals surface area contributed by atoms with Crippen molar-refractivity contribution in [3.63, 3.8) is 0 Å². The van der Waals surface area contributed by atoms with Crippen molar-refractivity contribution < 1.29 is 19.8 Å². The highest BCUT2D eigenvalue weighted by Gasteiger charge is 2.42. The molecule has 26 heavy (non-hydrogen) atoms. The van der Waals surface area contributed by atoms with Gasteiger partial charge in [-0.05, 0) is 12.5 Å². The third kappa shape index (κ3) is 2.98. The van der Waals surface area contributed by atoms with Crippen LogP contribution in [0, 0.1) is 17.2 Å². The van der Waals surface area contributed by atoms with Gasteiger partial charge >= 0.3 is 5.79 Å². The maximum absolute atomic E-state index is 12.2. The van der Waals surface area contributed by atoms with Gasteiger partial charge in [0.25, 0.3) is 5.91 Å². The number of aromatic nitrogens is 3. The molecule has 1 aliphatic rings. The molecule has 1 fully saturated rings. The normalized spacial score (nSPS) is 20.6. The first-order valence-electron chi connectivity index (χ1n) is 8.00. The topological polar surface area (TPSA) is 146 Å². The lowest BCUT2D eigenvalue weighted by Crippen LogP contribution is -2.58. The number of nitrogens with zero attached hydrogens (tertiary/aromatic N) is 5. The third-order valence-electron chi connectivity index (χ3n) is 4.71. The van der Waals surface area contributed by atoms with Gasteiger partial charge in [-0.2, -0.15) is 5.26 Å². The molecule has 0 spiro atoms. The molecule has 10 nitrogen and oxygen atoms in total. The van der Waals surface area contributed by atoms with E-state index in [-0.39, 0.29) is 19.0 Å². The van der Waals surface area contributed by atoms with Crippen LogP contribution in [0.3, 0.4) is 0 Å². The van der Waals surface area contributed by atoms with Gasteiger partial charge in [0.1, 0.15) is 30.1 Å². The van der Waals surface area contributed by atoms with Crippen LogP contribution in [0.4, 0.5) is 5.82 Å². The van der Waals surface area contributed by atoms with Gasteiger partial charge in [0, 0.05) is 32.3 Å². The minimum absolute atomic E-state index is 0.0548. The Hall–Kier alpha value is -3.03. The zero-order valence-corrected chi connectivity index (χ0v) is 14.0. The third-order valence-corrected chi connectivity index (χ3v) is 4.71. The van der Waals surface area contributed by atoms with Crippen LogP contribution in [-0.4, -0.2) is 74.2 Å². The first-order chi connectivity index (χ1) is 12.4. The number of likely N-dealkylation sites (tertiary alicyclic amines) is 1. The van der Waals surface area contributed by atoms with Crippen molar-refractivity contribution in [2.45, 2.75) is 18.2 Å². The van der Waals surface area contributed by atoms with E-state index in [1.54, 1.807) is 18.1 Å². The fourth-order valence-electron chi connectivity index (χ4n) is 3.27. The molecule has 2 aromatic rings. The molecule has 1 saturated heterocycles. The number of piperidine rings is 1. The van der Waals surface area contributed by atoms with E-state index in [4.69, 9.17) is 5.26 Å². The van der Waals surface area contributed by atoms with Crippen molar-refractivity contribution in [3.8, 4) is 6.07 Å². The zero-order valence-electron chi connectivity index (χ0n) is 14.0. The number of carbonyl (C=O) groups is 2. The molecular weight excluding hydrogens is 340 g/mol. The predicted molar refractivity (Wildman–Crippen MR) is 89.6 cm³/mol. The van der Waals surface area contributed by atoms with E-state index in [2.05, 4.69) is 15.0 Å². The van der Waals surface area contributed by atoms with Gasteiger partial charge in [0.05, 0.1) is 11.4 Å². The number of aliphatic hydroxyl groups is 2. The van der Waals surface area contributed by atoms with Crippen molar-refractivity contribution >= 4 is 29.0 Å². The number of hydrogen-bond acceptors (Lipinski definition) is 8. The SMILES string of the molecule is CN(c1ncnc2[nH]ccc12)C1CN(C(=O)C(O)(O)C#N)CCC1C=O. The van der Waals surface area contributed by atoms with Gasteiger partial charge in [-0.3, -0.25) is 4.79 Å². The number of carbonyl (C=O) groups excluding carboxylic acids is 2. The van der Waals surface area contributed by atoms with Gasteiger partial charge in [-0.1, -0.05) is 0 Å². The molecule has 3 heterocycles. The molecule has 1 aliphatic heterocycles. The van der Waals surface area contributed by atoms with Crippen LogP contribution >= 0.6 is 0 Å². The molecule has 0 aliphatic carbocycles. The van der Waals surface area contributed by atoms with Crippen LogP contribution in [0.15, 0.2) is 18.6 Å². The Morgan fingerprint density at radius 3 is 3.00 bits per heavy atom. The average Bonchev–Trinajstić information content (AvgIpc) is 3.15. The predicted octanol–water partition coefficient (Wildman–Crippen LogP) is -0.985. The monoisotopic (exact) mass is 358 g/mol. The molecule has 0 bridgehead atoms. The zero-order chi connectivity index (χ0) is 18.9. The van der Waals surface area contributed by atoms with E-state index >= 15 is 0 Å². The standard InChI is InChI=1S/C16H18N6O4/c1-21(14-11-2-4-18-13(11)19-9-20-14)12-6-22(5-3-10(12)7-23)15(24)16(25,26)8-17/h2,4,7,9-10,12,25-26H,3,5-6H2,1H3,(H,18,19,20). The van der Waals surface area contributed by atoms with Crippen LogP contribution in [0.1, 0.15) is 6.42 Å². The summed E-state index contributed by atoms with van der Waals surface area (Å²) in [6.45, 7) is 0.208. The van der Waals surface area contributed by atoms with E-state index < -0.39 is 17.7 Å². The first kappa shape index (κ1) is 17.8. The lowest BCUT2D eigenvalue weighted by Gasteiger charge is -2.42. The Bertz CT molecular complexity index is 873. The summed E-state index contributed by atoms with van der Waals surface area (Å²) in [4.78, 5) is 38.1. The number of likely N-dealkylation sites (N-methyl/N-ethyl adjacent to an activating group) is 1. The second-order valence-electron chi connectivity index (χ2n) is 6.24. The molecule has 3 N–H and O–H groups in total. The highest BCUT2D eigenvalue weighted by atomic mass is 16.5. The highest BCUT2D eigenvalue weighted by molar-refractivity contribution is 5.88. The maximum atomic E-state index is 12.2. The van der Waals surface area contributed by atoms with Crippen LogP contribution < -0.4 is 4.90 Å². The number of nitrogens with one attached hydrogen (secondary N) is 1. The summed E-state index contributed by atoms with van der Waals surface area (Å²) in [5.41, 5.74) is 0.641. The molecule has 10 heteroatoms. The fourth-order valence-corrected chi connectivity index (χ4v) is 3.27. The minimum atomic E-state index is -3.08. The van der Waals surface area contributed by atoms with Gasteiger partial charge in [-0.25, -0.2) is 9.97 Å². The molecule has 2 atom stereocenters. The smallest absolute Gasteiger partial charge is 0.336 e. The Balaban J connectivity index is 1.90. The summed E-state index contributed by atoms with van der Waals surface area (Å²) in [6, 6.07) is 2.55. The number of aromatic amines is 1. The molecule has 2 aromatic heterocycles. The van der Waals surface area contributed by atoms with E-state index in [0.717, 1.165) is 11.7 Å². The maximum Gasteiger partial charge on any atom is 0.336 e. The number of rotatable bonds is 4. The summed E-state index contributed by atoms with van der Waals surface area (Å²) < 4.78 is 0. The van der Waals surface area contributed by atoms with Crippen LogP contribution in [0.2, 0.25) is 0 Å². The van der Waals surface area contributed by atoms with Gasteiger partial charge in [-0.15, -0.1) is 0 Å². The van der Waals surface area contributed by atoms with Crippen LogP contribution in [0.25, 0.3) is 11.0 Å². The van der Waals surface area contributed by atoms with Crippen LogP contribution in [-0.2, 0) is 9.59 Å². The number of anilines is 1. The van der Waals surface area contributed by atoms with Gasteiger partial charge in [0.2, 0.25) is 0 Å². The van der Waals surface area contributed by atoms with Crippen molar-refractivity contribution in [2.75, 3.05) is 25.0 Å². The Morgan fingerprint density at radius 1 is 1.54 bits per heavy atom. The van der Waals surface area contributed by atoms with E-state index in [9.17, 15) is 19.8 Å². The van der Waals surface area contributed by atoms with Crippen molar-refractivity contribution in [3.05, 3.63) is 18.6 Å². The lowest BCUT2D eigenvalue weighted by atomic mass is 9.91. The molecule has 0 radical (unpaired) electrons. The number of aldehydes is 1. The summed E-state index contributed by atoms with van der Waals surface area (Å²) in [6.07, 6.45) is 4.29. The highest BCUT2D eigenvalue weighted by Crippen LogP contribution is 2.28. The molecule has 3 rings (SSSR count). The van der Waals surface area contributed by atoms with Crippen molar-refractivity contribution in [1.29, 1.82) is 5.26 Å². The Kier molecular flexibility index (Phi) is 4.58. The molecule has 0 saturated carbocycles. The molecule has 1 amide bonds. The fraction of sp³-hybridized carbons (Fsp3) is 0.438. The lowest BCUT2D eigenvalue weighted by molar-refractivity contribution is -0.178. The van der Waals surface area contributed by atoms with Gasteiger partial charge < -0.3 is 29.8 Å². The average molecular weight is 358 g/mol. The van der Waals surface area contributed by atoms with Crippen LogP contribution in [0.5, 0.6) is 0 Å². The quantitative estimate of drug-likeness (QED) is 0.359. The van der Waals surface area contributed by atoms with Crippen molar-refractivity contribution in [1.82, 2.24) is 19.9 Å². The van der Waals surface area contributed by atoms with E-state index in [1.165, 1.54) is 17.3 Å². The molecule has 136 valence electrons. The van der Waals surface area contributed by atoms with Crippen molar-refractivity contribution in [2.24, 2.45) is 5.92 Å². The summed E-state index contributed by atoms with van der Waals surface area (Å²) in [5.74, 6) is -3.97. The van der Waals surface area contributed by atoms with E-state index in [1.807, 2.05) is 6.07 Å². The number of H-pyrrole nitrogens is 1. The Morgan fingerprint density at radius 2 is 2.31 bits per heavy atom. The summed E-state index contributed by atoms with van der Waals surface area (Å²) in [5, 5.41) is 28.6. The molecule has 2 unspecified atom stereocenters. The number of hydrogen-bond donors (Lipinski definition) is 3. The minimum Gasteiger partial charge on any atom is -0.354 e. The number of fused-ring (bicyclic) bond motifs is 1. The number of nitriles is 1. The summed E-state index contributed by atoms with van der Waals surface area (Å²) in [7, 11) is 1.75. The Labute approximate surface area is 148 Å². The molecular formula is C16H18N6O4. The summed E-state index contributed by atoms with van der Waals surface area (Å²) >= 11 is 0. The second kappa shape index (κ2) is 6.70. The largest absolute Gasteiger partial charge is 0.354 e. The number of amides is 1. The van der Waals surface area contributed by atoms with Gasteiger partial charge in [0.15, 0.2) is 0 Å². The molecule has 0 aromatic carbocycles. The second-order valence-corrected chi connectivity index (χ2v) is 6.24.